The maximum Gasteiger partial charge on any atom is 0.0197 e. The first-order valence-corrected chi connectivity index (χ1v) is 7.08. The fraction of sp³-hybridized carbons (Fsp3) is 0.625. The van der Waals surface area contributed by atoms with E-state index in [1.54, 1.807) is 0 Å². The molecule has 0 spiro atoms. The molecule has 1 aromatic carbocycles. The average molecular weight is 229 g/mol. The van der Waals surface area contributed by atoms with Crippen LogP contribution >= 0.6 is 0 Å². The highest BCUT2D eigenvalue weighted by atomic mass is 14.8. The van der Waals surface area contributed by atoms with Crippen molar-refractivity contribution in [3.8, 4) is 0 Å². The van der Waals surface area contributed by atoms with E-state index >= 15 is 0 Å². The minimum Gasteiger partial charge on any atom is -0.325 e. The number of nitrogens with two attached hydrogens (primary N) is 1. The first kappa shape index (κ1) is 11.3. The normalized spacial score (nSPS) is 33.6. The van der Waals surface area contributed by atoms with Gasteiger partial charge in [0, 0.05) is 5.54 Å². The minimum atomic E-state index is 0.0762. The molecule has 0 bridgehead atoms. The van der Waals surface area contributed by atoms with Gasteiger partial charge < -0.3 is 5.73 Å². The largest absolute Gasteiger partial charge is 0.325 e. The van der Waals surface area contributed by atoms with Crippen LogP contribution in [0.15, 0.2) is 30.3 Å². The maximum atomic E-state index is 6.65. The van der Waals surface area contributed by atoms with E-state index in [-0.39, 0.29) is 5.54 Å². The molecule has 0 aromatic heterocycles. The lowest BCUT2D eigenvalue weighted by atomic mass is 9.72. The highest BCUT2D eigenvalue weighted by molar-refractivity contribution is 5.18. The lowest BCUT2D eigenvalue weighted by Gasteiger charge is -2.38. The summed E-state index contributed by atoms with van der Waals surface area (Å²) >= 11 is 0. The zero-order valence-electron chi connectivity index (χ0n) is 10.6. The maximum absolute atomic E-state index is 6.65. The van der Waals surface area contributed by atoms with Gasteiger partial charge in [0.05, 0.1) is 0 Å². The summed E-state index contributed by atoms with van der Waals surface area (Å²) in [5.41, 5.74) is 8.13. The summed E-state index contributed by atoms with van der Waals surface area (Å²) in [6, 6.07) is 10.8. The third kappa shape index (κ3) is 2.71. The second-order valence-corrected chi connectivity index (χ2v) is 6.22. The van der Waals surface area contributed by atoms with E-state index in [2.05, 4.69) is 30.3 Å². The monoisotopic (exact) mass is 229 g/mol. The van der Waals surface area contributed by atoms with Gasteiger partial charge in [-0.2, -0.15) is 0 Å². The van der Waals surface area contributed by atoms with Gasteiger partial charge in [-0.3, -0.25) is 0 Å². The Hall–Kier alpha value is -0.820. The molecule has 1 aromatic rings. The summed E-state index contributed by atoms with van der Waals surface area (Å²) in [4.78, 5) is 0. The topological polar surface area (TPSA) is 26.0 Å². The molecule has 92 valence electrons. The second kappa shape index (κ2) is 4.45. The van der Waals surface area contributed by atoms with E-state index in [1.165, 1.54) is 44.1 Å². The Balaban J connectivity index is 1.67. The van der Waals surface area contributed by atoms with Crippen LogP contribution in [0, 0.1) is 11.8 Å². The molecule has 0 radical (unpaired) electrons. The van der Waals surface area contributed by atoms with Gasteiger partial charge in [-0.15, -0.1) is 0 Å². The molecular weight excluding hydrogens is 206 g/mol. The minimum absolute atomic E-state index is 0.0762. The van der Waals surface area contributed by atoms with Gasteiger partial charge in [0.25, 0.3) is 0 Å². The molecule has 0 heterocycles. The zero-order valence-corrected chi connectivity index (χ0v) is 10.6. The lowest BCUT2D eigenvalue weighted by molar-refractivity contribution is 0.204. The van der Waals surface area contributed by atoms with Crippen LogP contribution in [-0.2, 0) is 6.42 Å². The fourth-order valence-electron chi connectivity index (χ4n) is 3.58. The van der Waals surface area contributed by atoms with Crippen LogP contribution in [0.1, 0.15) is 44.1 Å². The molecular formula is C16H23N. The second-order valence-electron chi connectivity index (χ2n) is 6.22. The van der Waals surface area contributed by atoms with Gasteiger partial charge in [-0.1, -0.05) is 43.2 Å². The van der Waals surface area contributed by atoms with Gasteiger partial charge in [-0.25, -0.2) is 0 Å². The smallest absolute Gasteiger partial charge is 0.0197 e. The Bertz CT molecular complexity index is 368. The summed E-state index contributed by atoms with van der Waals surface area (Å²) in [5.74, 6) is 1.95. The summed E-state index contributed by atoms with van der Waals surface area (Å²) in [5, 5.41) is 0. The molecule has 0 aliphatic heterocycles. The van der Waals surface area contributed by atoms with Crippen molar-refractivity contribution in [2.24, 2.45) is 17.6 Å². The molecule has 2 aliphatic carbocycles. The van der Waals surface area contributed by atoms with Crippen LogP contribution in [0.3, 0.4) is 0 Å². The van der Waals surface area contributed by atoms with Gasteiger partial charge in [0.2, 0.25) is 0 Å². The Morgan fingerprint density at radius 2 is 1.82 bits per heavy atom. The van der Waals surface area contributed by atoms with Crippen molar-refractivity contribution in [1.82, 2.24) is 0 Å². The lowest BCUT2D eigenvalue weighted by Crippen LogP contribution is -2.46. The Morgan fingerprint density at radius 3 is 2.53 bits per heavy atom. The van der Waals surface area contributed by atoms with Crippen molar-refractivity contribution < 1.29 is 0 Å². The molecule has 0 amide bonds. The van der Waals surface area contributed by atoms with Gasteiger partial charge in [0.1, 0.15) is 0 Å². The summed E-state index contributed by atoms with van der Waals surface area (Å²) in [6.07, 6.45) is 9.23. The molecule has 3 rings (SSSR count). The molecule has 2 fully saturated rings. The predicted molar refractivity (Wildman–Crippen MR) is 71.7 cm³/mol. The van der Waals surface area contributed by atoms with E-state index in [4.69, 9.17) is 5.73 Å². The van der Waals surface area contributed by atoms with Crippen LogP contribution in [0.4, 0.5) is 0 Å². The van der Waals surface area contributed by atoms with Crippen LogP contribution in [-0.4, -0.2) is 5.54 Å². The van der Waals surface area contributed by atoms with E-state index in [9.17, 15) is 0 Å². The Labute approximate surface area is 104 Å². The zero-order chi connectivity index (χ0) is 11.7. The quantitative estimate of drug-likeness (QED) is 0.843. The molecule has 2 N–H and O–H groups in total. The molecule has 0 saturated heterocycles. The molecule has 2 unspecified atom stereocenters. The number of benzene rings is 1. The SMILES string of the molecule is NC1(Cc2ccccc2)CCCC(C2CC2)C1. The van der Waals surface area contributed by atoms with Crippen molar-refractivity contribution in [3.05, 3.63) is 35.9 Å². The Morgan fingerprint density at radius 1 is 1.06 bits per heavy atom. The van der Waals surface area contributed by atoms with E-state index < -0.39 is 0 Å². The first-order valence-electron chi connectivity index (χ1n) is 7.08. The van der Waals surface area contributed by atoms with Crippen LogP contribution in [0.2, 0.25) is 0 Å². The predicted octanol–water partition coefficient (Wildman–Crippen LogP) is 3.53. The third-order valence-electron chi connectivity index (χ3n) is 4.61. The van der Waals surface area contributed by atoms with Crippen molar-refractivity contribution >= 4 is 0 Å². The van der Waals surface area contributed by atoms with Crippen molar-refractivity contribution in [3.63, 3.8) is 0 Å². The number of hydrogen-bond donors (Lipinski definition) is 1. The van der Waals surface area contributed by atoms with E-state index in [0.29, 0.717) is 0 Å². The summed E-state index contributed by atoms with van der Waals surface area (Å²) in [6.45, 7) is 0. The van der Waals surface area contributed by atoms with Crippen molar-refractivity contribution in [2.75, 3.05) is 0 Å². The number of rotatable bonds is 3. The molecule has 2 saturated carbocycles. The van der Waals surface area contributed by atoms with Gasteiger partial charge in [0.15, 0.2) is 0 Å². The highest BCUT2D eigenvalue weighted by Gasteiger charge is 2.39. The first-order chi connectivity index (χ1) is 8.25. The summed E-state index contributed by atoms with van der Waals surface area (Å²) < 4.78 is 0. The highest BCUT2D eigenvalue weighted by Crippen LogP contribution is 2.46. The fourth-order valence-corrected chi connectivity index (χ4v) is 3.58. The van der Waals surface area contributed by atoms with Gasteiger partial charge >= 0.3 is 0 Å². The van der Waals surface area contributed by atoms with Crippen LogP contribution in [0.5, 0.6) is 0 Å². The molecule has 1 heteroatoms. The van der Waals surface area contributed by atoms with E-state index in [0.717, 1.165) is 18.3 Å². The van der Waals surface area contributed by atoms with Gasteiger partial charge in [-0.05, 0) is 49.5 Å². The van der Waals surface area contributed by atoms with Crippen molar-refractivity contribution in [2.45, 2.75) is 50.5 Å². The van der Waals surface area contributed by atoms with Crippen molar-refractivity contribution in [1.29, 1.82) is 0 Å². The molecule has 2 aliphatic rings. The average Bonchev–Trinajstić information content (AvgIpc) is 3.13. The molecule has 1 nitrogen and oxygen atoms in total. The summed E-state index contributed by atoms with van der Waals surface area (Å²) in [7, 11) is 0. The van der Waals surface area contributed by atoms with Crippen LogP contribution in [0.25, 0.3) is 0 Å². The Kier molecular flexibility index (Phi) is 2.96. The van der Waals surface area contributed by atoms with Crippen LogP contribution < -0.4 is 5.73 Å². The number of hydrogen-bond acceptors (Lipinski definition) is 1. The third-order valence-corrected chi connectivity index (χ3v) is 4.61. The molecule has 17 heavy (non-hydrogen) atoms. The van der Waals surface area contributed by atoms with E-state index in [1.807, 2.05) is 0 Å². The molecule has 2 atom stereocenters. The standard InChI is InChI=1S/C16H23N/c17-16(11-13-5-2-1-3-6-13)10-4-7-15(12-16)14-8-9-14/h1-3,5-6,14-15H,4,7-12,17H2.